The number of ketones is 1. The van der Waals surface area contributed by atoms with Crippen molar-refractivity contribution < 1.29 is 9.18 Å². The molecule has 0 saturated heterocycles. The van der Waals surface area contributed by atoms with Gasteiger partial charge in [0, 0.05) is 106 Å². The summed E-state index contributed by atoms with van der Waals surface area (Å²) in [5.41, 5.74) is 28.7. The monoisotopic (exact) mass is 1090 g/mol. The molecule has 9 aromatic rings. The molecular formula is C71H61FN10O. The third-order valence-electron chi connectivity index (χ3n) is 16.8. The van der Waals surface area contributed by atoms with Crippen molar-refractivity contribution in [3.05, 3.63) is 309 Å². The van der Waals surface area contributed by atoms with Crippen LogP contribution in [0.2, 0.25) is 0 Å². The molecule has 12 heteroatoms. The molecule has 408 valence electrons. The molecule has 7 heterocycles. The standard InChI is InChI=1S/C25H23FN4O.2C23H19N3/c1-30(2)14-15-3-5-16(6-4-15)22-24(17-7-9-27-10-8-17)29-20-12-18(26)11-19-21(31)13-28-25(22)23(19)20;1-15-18-11-7-10-17-14-19(20-12-5-6-13-24-20)21(16-8-3-2-4-9-16)23(22(17)18)26-25-15;1-15-19-9-5-8-18-14-20(16-10-12-24-13-11-16)21(17-6-3-2-4-7-17)23(22(18)19)26-25-15/h3-12,22,24,29H,13-14H2,1-2H3;2-13,19,21,25H,1,14H2;2-13,20-21,25H,1,14H2. The quantitative estimate of drug-likeness (QED) is 0.137. The highest BCUT2D eigenvalue weighted by Crippen LogP contribution is 2.49. The van der Waals surface area contributed by atoms with E-state index in [4.69, 9.17) is 15.2 Å². The number of aliphatic imine (C=N–C) groups is 1. The summed E-state index contributed by atoms with van der Waals surface area (Å²) in [5, 5.41) is 13.0. The number of rotatable bonds is 8. The first-order valence-corrected chi connectivity index (χ1v) is 28.2. The summed E-state index contributed by atoms with van der Waals surface area (Å²) in [5.74, 6) is 0.275. The Morgan fingerprint density at radius 1 is 0.530 bits per heavy atom. The average molecular weight is 1090 g/mol. The molecule has 4 aliphatic heterocycles. The maximum absolute atomic E-state index is 14.3. The smallest absolute Gasteiger partial charge is 0.185 e. The van der Waals surface area contributed by atoms with E-state index in [2.05, 4.69) is 195 Å². The molecular weight excluding hydrogens is 1030 g/mol. The molecule has 6 atom stereocenters. The summed E-state index contributed by atoms with van der Waals surface area (Å²) >= 11 is 0. The van der Waals surface area contributed by atoms with E-state index in [1.165, 1.54) is 62.2 Å². The van der Waals surface area contributed by atoms with Gasteiger partial charge in [0.1, 0.15) is 12.4 Å². The van der Waals surface area contributed by atoms with Gasteiger partial charge in [-0.15, -0.1) is 0 Å². The van der Waals surface area contributed by atoms with Crippen molar-refractivity contribution in [3.8, 4) is 0 Å². The largest absolute Gasteiger partial charge is 0.377 e. The summed E-state index contributed by atoms with van der Waals surface area (Å²) < 4.78 is 14.3. The summed E-state index contributed by atoms with van der Waals surface area (Å²) in [7, 11) is 4.09. The molecule has 6 unspecified atom stereocenters. The van der Waals surface area contributed by atoms with Crippen molar-refractivity contribution in [1.29, 1.82) is 0 Å². The van der Waals surface area contributed by atoms with Gasteiger partial charge in [-0.05, 0) is 120 Å². The molecule has 6 aromatic carbocycles. The van der Waals surface area contributed by atoms with Crippen LogP contribution in [0.25, 0.3) is 11.4 Å². The van der Waals surface area contributed by atoms with Crippen LogP contribution in [-0.2, 0) is 19.4 Å². The number of anilines is 1. The number of nitrogens with zero attached hydrogens (tertiary/aromatic N) is 7. The van der Waals surface area contributed by atoms with Crippen LogP contribution < -0.4 is 16.2 Å². The zero-order valence-corrected chi connectivity index (χ0v) is 46.3. The number of benzene rings is 6. The summed E-state index contributed by atoms with van der Waals surface area (Å²) in [6, 6.07) is 59.8. The van der Waals surface area contributed by atoms with Gasteiger partial charge in [0.05, 0.1) is 40.5 Å². The van der Waals surface area contributed by atoms with E-state index in [0.29, 0.717) is 17.2 Å². The molecule has 15 rings (SSSR count). The predicted molar refractivity (Wildman–Crippen MR) is 329 cm³/mol. The molecule has 0 spiro atoms. The van der Waals surface area contributed by atoms with Crippen molar-refractivity contribution in [2.24, 2.45) is 15.2 Å². The highest BCUT2D eigenvalue weighted by atomic mass is 19.1. The van der Waals surface area contributed by atoms with Gasteiger partial charge in [-0.1, -0.05) is 141 Å². The van der Waals surface area contributed by atoms with Crippen molar-refractivity contribution in [3.63, 3.8) is 0 Å². The summed E-state index contributed by atoms with van der Waals surface area (Å²) in [6.07, 6.45) is 11.1. The molecule has 2 aliphatic carbocycles. The van der Waals surface area contributed by atoms with E-state index in [9.17, 15) is 9.18 Å². The van der Waals surface area contributed by atoms with E-state index in [0.717, 1.165) is 75.9 Å². The first-order valence-electron chi connectivity index (χ1n) is 28.2. The molecule has 0 bridgehead atoms. The number of pyridine rings is 3. The fraction of sp³-hybridized carbons (Fsp3) is 0.169. The lowest BCUT2D eigenvalue weighted by Crippen LogP contribution is -2.36. The third kappa shape index (κ3) is 10.2. The molecule has 0 saturated carbocycles. The van der Waals surface area contributed by atoms with Crippen LogP contribution in [0.1, 0.15) is 124 Å². The van der Waals surface area contributed by atoms with E-state index < -0.39 is 5.82 Å². The fourth-order valence-electron chi connectivity index (χ4n) is 13.2. The number of hydrazone groups is 2. The van der Waals surface area contributed by atoms with Crippen molar-refractivity contribution in [1.82, 2.24) is 30.7 Å². The number of Topliss-reactive ketones (excluding diaryl/α,β-unsaturated/α-hetero) is 1. The highest BCUT2D eigenvalue weighted by Gasteiger charge is 2.42. The van der Waals surface area contributed by atoms with Crippen LogP contribution in [0.5, 0.6) is 0 Å². The first-order chi connectivity index (χ1) is 40.7. The van der Waals surface area contributed by atoms with E-state index >= 15 is 0 Å². The molecule has 3 N–H and O–H groups in total. The van der Waals surface area contributed by atoms with Crippen LogP contribution in [0.3, 0.4) is 0 Å². The van der Waals surface area contributed by atoms with Gasteiger partial charge in [0.2, 0.25) is 0 Å². The minimum Gasteiger partial charge on any atom is -0.377 e. The number of hydrogen-bond acceptors (Lipinski definition) is 11. The molecule has 6 aliphatic rings. The van der Waals surface area contributed by atoms with Gasteiger partial charge >= 0.3 is 0 Å². The van der Waals surface area contributed by atoms with Crippen LogP contribution in [-0.4, -0.2) is 63.4 Å². The Bertz CT molecular complexity index is 3850. The second kappa shape index (κ2) is 22.6. The Morgan fingerprint density at radius 2 is 1.08 bits per heavy atom. The molecule has 0 amide bonds. The number of aromatic nitrogens is 3. The average Bonchev–Trinajstić information content (AvgIpc) is 3.72. The highest BCUT2D eigenvalue weighted by molar-refractivity contribution is 6.21. The predicted octanol–water partition coefficient (Wildman–Crippen LogP) is 13.2. The minimum absolute atomic E-state index is 0.0451. The van der Waals surface area contributed by atoms with Crippen molar-refractivity contribution >= 4 is 40.0 Å². The maximum Gasteiger partial charge on any atom is 0.185 e. The molecule has 11 nitrogen and oxygen atoms in total. The lowest BCUT2D eigenvalue weighted by molar-refractivity contribution is 0.0999. The Hall–Kier alpha value is -9.78. The Kier molecular flexibility index (Phi) is 14.3. The van der Waals surface area contributed by atoms with Gasteiger partial charge in [-0.3, -0.25) is 35.6 Å². The SMILES string of the molecule is C=C1NN=C2c3c(cccc31)CC(c1ccccn1)C2c1ccccc1.C=C1NN=C2c3c(cccc31)CC(c1ccncc1)C2c1ccccc1.CN(C)Cc1ccc(C2C3=NCC(=O)c4cc(F)cc(c43)NC2c2ccncc2)cc1. The minimum atomic E-state index is -0.421. The molecule has 0 radical (unpaired) electrons. The zero-order valence-electron chi connectivity index (χ0n) is 46.3. The summed E-state index contributed by atoms with van der Waals surface area (Å²) in [6.45, 7) is 9.18. The molecule has 83 heavy (non-hydrogen) atoms. The molecule has 3 aromatic heterocycles. The topological polar surface area (TPSA) is 132 Å². The normalized spacial score (nSPS) is 20.3. The second-order valence-corrected chi connectivity index (χ2v) is 22.1. The number of nitrogens with one attached hydrogen (secondary N) is 3. The third-order valence-corrected chi connectivity index (χ3v) is 16.8. The Labute approximate surface area is 483 Å². The van der Waals surface area contributed by atoms with Gasteiger partial charge in [-0.2, -0.15) is 10.2 Å². The number of carbonyl (C=O) groups excluding carboxylic acids is 1. The number of hydrogen-bond donors (Lipinski definition) is 3. The van der Waals surface area contributed by atoms with E-state index in [1.807, 2.05) is 50.9 Å². The van der Waals surface area contributed by atoms with Gasteiger partial charge in [-0.25, -0.2) is 4.39 Å². The number of halogens is 1. The zero-order chi connectivity index (χ0) is 56.6. The molecule has 0 fully saturated rings. The lowest BCUT2D eigenvalue weighted by atomic mass is 9.67. The Morgan fingerprint density at radius 3 is 1.66 bits per heavy atom. The van der Waals surface area contributed by atoms with E-state index in [-0.39, 0.29) is 42.0 Å². The van der Waals surface area contributed by atoms with Crippen LogP contribution in [0.4, 0.5) is 10.1 Å². The van der Waals surface area contributed by atoms with Crippen LogP contribution in [0, 0.1) is 5.82 Å². The van der Waals surface area contributed by atoms with Crippen molar-refractivity contribution in [2.75, 3.05) is 26.0 Å². The number of carbonyl (C=O) groups is 1. The van der Waals surface area contributed by atoms with Gasteiger partial charge in [0.25, 0.3) is 0 Å². The van der Waals surface area contributed by atoms with Crippen LogP contribution >= 0.6 is 0 Å². The van der Waals surface area contributed by atoms with Crippen molar-refractivity contribution in [2.45, 2.75) is 55.0 Å². The van der Waals surface area contributed by atoms with Crippen LogP contribution in [0.15, 0.2) is 235 Å². The van der Waals surface area contributed by atoms with Gasteiger partial charge < -0.3 is 10.2 Å². The lowest BCUT2D eigenvalue weighted by Gasteiger charge is -2.38. The first kappa shape index (κ1) is 52.6. The van der Waals surface area contributed by atoms with E-state index in [1.54, 1.807) is 12.4 Å². The summed E-state index contributed by atoms with van der Waals surface area (Å²) in [4.78, 5) is 32.4. The van der Waals surface area contributed by atoms with Gasteiger partial charge in [0.15, 0.2) is 5.78 Å². The second-order valence-electron chi connectivity index (χ2n) is 22.1. The Balaban J connectivity index is 0.000000117. The maximum atomic E-state index is 14.3. The fourth-order valence-corrected chi connectivity index (χ4v) is 13.2.